The number of nitrogens with one attached hydrogen (secondary N) is 1. The van der Waals surface area contributed by atoms with E-state index < -0.39 is 0 Å². The summed E-state index contributed by atoms with van der Waals surface area (Å²) in [6.45, 7) is 5.82. The lowest BCUT2D eigenvalue weighted by atomic mass is 10.1. The number of rotatable bonds is 3. The van der Waals surface area contributed by atoms with Crippen LogP contribution < -0.4 is 5.32 Å². The lowest BCUT2D eigenvalue weighted by molar-refractivity contribution is 0.0981. The van der Waals surface area contributed by atoms with E-state index in [2.05, 4.69) is 47.3 Å². The minimum Gasteiger partial charge on any atom is -0.327 e. The second-order valence-electron chi connectivity index (χ2n) is 5.13. The highest BCUT2D eigenvalue weighted by Crippen LogP contribution is 2.13. The van der Waals surface area contributed by atoms with Crippen LogP contribution in [-0.4, -0.2) is 48.1 Å². The van der Waals surface area contributed by atoms with E-state index in [1.165, 1.54) is 5.56 Å². The first-order valence-electron chi connectivity index (χ1n) is 6.95. The molecule has 4 nitrogen and oxygen atoms in total. The van der Waals surface area contributed by atoms with Crippen molar-refractivity contribution in [3.05, 3.63) is 35.9 Å². The van der Waals surface area contributed by atoms with Crippen molar-refractivity contribution < 1.29 is 4.79 Å². The van der Waals surface area contributed by atoms with E-state index in [9.17, 15) is 4.79 Å². The van der Waals surface area contributed by atoms with Gasteiger partial charge in [0.1, 0.15) is 0 Å². The molecule has 1 aliphatic rings. The van der Waals surface area contributed by atoms with Crippen LogP contribution in [0.2, 0.25) is 0 Å². The Hall–Kier alpha value is -1.99. The van der Waals surface area contributed by atoms with E-state index in [1.807, 2.05) is 11.0 Å². The van der Waals surface area contributed by atoms with E-state index in [0.717, 1.165) is 26.2 Å². The molecule has 1 N–H and O–H groups in total. The maximum atomic E-state index is 11.9. The lowest BCUT2D eigenvalue weighted by Gasteiger charge is -2.39. The van der Waals surface area contributed by atoms with E-state index in [1.54, 1.807) is 0 Å². The quantitative estimate of drug-likeness (QED) is 0.846. The molecule has 2 amide bonds. The number of hydrogen-bond donors (Lipinski definition) is 1. The molecular formula is C16H21N3O. The molecule has 1 unspecified atom stereocenters. The number of carbonyl (C=O) groups is 1. The number of carbonyl (C=O) groups excluding carboxylic acids is 1. The minimum absolute atomic E-state index is 0.0604. The molecule has 106 valence electrons. The number of benzene rings is 1. The first-order chi connectivity index (χ1) is 9.70. The third-order valence-electron chi connectivity index (χ3n) is 3.56. The summed E-state index contributed by atoms with van der Waals surface area (Å²) in [5.74, 6) is 2.42. The maximum absolute atomic E-state index is 11.9. The van der Waals surface area contributed by atoms with E-state index in [4.69, 9.17) is 6.42 Å². The summed E-state index contributed by atoms with van der Waals surface area (Å²) in [5, 5.41) is 2.73. The topological polar surface area (TPSA) is 35.6 Å². The molecule has 0 spiro atoms. The largest absolute Gasteiger partial charge is 0.327 e. The summed E-state index contributed by atoms with van der Waals surface area (Å²) in [5.41, 5.74) is 1.31. The Morgan fingerprint density at radius 2 is 2.15 bits per heavy atom. The Bertz CT molecular complexity index is 480. The van der Waals surface area contributed by atoms with Crippen molar-refractivity contribution in [3.63, 3.8) is 0 Å². The van der Waals surface area contributed by atoms with Gasteiger partial charge in [-0.15, -0.1) is 6.42 Å². The fourth-order valence-corrected chi connectivity index (χ4v) is 2.55. The molecule has 1 atom stereocenters. The number of urea groups is 1. The van der Waals surface area contributed by atoms with Crippen molar-refractivity contribution in [2.45, 2.75) is 19.5 Å². The zero-order chi connectivity index (χ0) is 14.4. The Balaban J connectivity index is 1.86. The molecule has 0 bridgehead atoms. The van der Waals surface area contributed by atoms with E-state index in [-0.39, 0.29) is 18.6 Å². The van der Waals surface area contributed by atoms with Crippen molar-refractivity contribution in [2.75, 3.05) is 26.2 Å². The lowest BCUT2D eigenvalue weighted by Crippen LogP contribution is -2.56. The van der Waals surface area contributed by atoms with Gasteiger partial charge in [0.05, 0.1) is 6.54 Å². The minimum atomic E-state index is -0.0604. The van der Waals surface area contributed by atoms with Crippen molar-refractivity contribution in [1.82, 2.24) is 15.1 Å². The second-order valence-corrected chi connectivity index (χ2v) is 5.13. The van der Waals surface area contributed by atoms with E-state index >= 15 is 0 Å². The zero-order valence-electron chi connectivity index (χ0n) is 11.9. The molecule has 0 radical (unpaired) electrons. The van der Waals surface area contributed by atoms with Crippen molar-refractivity contribution in [3.8, 4) is 12.3 Å². The average molecular weight is 271 g/mol. The predicted octanol–water partition coefficient (Wildman–Crippen LogP) is 1.54. The molecule has 1 heterocycles. The van der Waals surface area contributed by atoms with Crippen LogP contribution in [0.4, 0.5) is 4.79 Å². The molecule has 1 aromatic carbocycles. The summed E-state index contributed by atoms with van der Waals surface area (Å²) < 4.78 is 0. The maximum Gasteiger partial charge on any atom is 0.318 e. The SMILES string of the molecule is C#CCNC(=O)N1CCN(Cc2ccccc2)CC1C. The van der Waals surface area contributed by atoms with Crippen LogP contribution in [0, 0.1) is 12.3 Å². The number of hydrogen-bond acceptors (Lipinski definition) is 2. The van der Waals surface area contributed by atoms with Gasteiger partial charge < -0.3 is 10.2 Å². The molecule has 0 saturated carbocycles. The Labute approximate surface area is 120 Å². The van der Waals surface area contributed by atoms with E-state index in [0.29, 0.717) is 0 Å². The Morgan fingerprint density at radius 3 is 2.80 bits per heavy atom. The molecule has 0 aromatic heterocycles. The Morgan fingerprint density at radius 1 is 1.40 bits per heavy atom. The van der Waals surface area contributed by atoms with Gasteiger partial charge in [0, 0.05) is 32.2 Å². The van der Waals surface area contributed by atoms with Gasteiger partial charge in [-0.25, -0.2) is 4.79 Å². The summed E-state index contributed by atoms with van der Waals surface area (Å²) in [6.07, 6.45) is 5.16. The van der Waals surface area contributed by atoms with Gasteiger partial charge in [-0.05, 0) is 12.5 Å². The zero-order valence-corrected chi connectivity index (χ0v) is 11.9. The summed E-state index contributed by atoms with van der Waals surface area (Å²) >= 11 is 0. The standard InChI is InChI=1S/C16H21N3O/c1-3-9-17-16(20)19-11-10-18(12-14(19)2)13-15-7-5-4-6-8-15/h1,4-8,14H,9-13H2,2H3,(H,17,20). The first kappa shape index (κ1) is 14.4. The second kappa shape index (κ2) is 6.97. The van der Waals surface area contributed by atoms with Gasteiger partial charge in [-0.2, -0.15) is 0 Å². The van der Waals surface area contributed by atoms with Crippen molar-refractivity contribution in [2.24, 2.45) is 0 Å². The van der Waals surface area contributed by atoms with Gasteiger partial charge in [-0.3, -0.25) is 4.90 Å². The monoisotopic (exact) mass is 271 g/mol. The molecular weight excluding hydrogens is 250 g/mol. The normalized spacial score (nSPS) is 19.4. The number of nitrogens with zero attached hydrogens (tertiary/aromatic N) is 2. The molecule has 1 aliphatic heterocycles. The van der Waals surface area contributed by atoms with Gasteiger partial charge in [-0.1, -0.05) is 36.3 Å². The summed E-state index contributed by atoms with van der Waals surface area (Å²) in [4.78, 5) is 16.2. The number of piperazine rings is 1. The van der Waals surface area contributed by atoms with Crippen LogP contribution in [0.1, 0.15) is 12.5 Å². The van der Waals surface area contributed by atoms with Gasteiger partial charge in [0.2, 0.25) is 0 Å². The average Bonchev–Trinajstić information content (AvgIpc) is 2.46. The smallest absolute Gasteiger partial charge is 0.318 e. The molecule has 1 aromatic rings. The molecule has 1 fully saturated rings. The van der Waals surface area contributed by atoms with Crippen LogP contribution in [-0.2, 0) is 6.54 Å². The number of amides is 2. The molecule has 0 aliphatic carbocycles. The Kier molecular flexibility index (Phi) is 5.03. The molecule has 2 rings (SSSR count). The third kappa shape index (κ3) is 3.75. The summed E-state index contributed by atoms with van der Waals surface area (Å²) in [6, 6.07) is 10.6. The summed E-state index contributed by atoms with van der Waals surface area (Å²) in [7, 11) is 0. The van der Waals surface area contributed by atoms with Crippen LogP contribution >= 0.6 is 0 Å². The van der Waals surface area contributed by atoms with Crippen LogP contribution in [0.3, 0.4) is 0 Å². The first-order valence-corrected chi connectivity index (χ1v) is 6.95. The molecule has 20 heavy (non-hydrogen) atoms. The van der Waals surface area contributed by atoms with Gasteiger partial charge >= 0.3 is 6.03 Å². The highest BCUT2D eigenvalue weighted by atomic mass is 16.2. The van der Waals surface area contributed by atoms with Crippen molar-refractivity contribution >= 4 is 6.03 Å². The molecule has 4 heteroatoms. The fraction of sp³-hybridized carbons (Fsp3) is 0.438. The number of terminal acetylenes is 1. The fourth-order valence-electron chi connectivity index (χ4n) is 2.55. The van der Waals surface area contributed by atoms with Gasteiger partial charge in [0.25, 0.3) is 0 Å². The third-order valence-corrected chi connectivity index (χ3v) is 3.56. The van der Waals surface area contributed by atoms with Crippen LogP contribution in [0.15, 0.2) is 30.3 Å². The predicted molar refractivity (Wildman–Crippen MR) is 80.1 cm³/mol. The highest BCUT2D eigenvalue weighted by Gasteiger charge is 2.26. The van der Waals surface area contributed by atoms with Gasteiger partial charge in [0.15, 0.2) is 0 Å². The van der Waals surface area contributed by atoms with Crippen LogP contribution in [0.5, 0.6) is 0 Å². The molecule has 1 saturated heterocycles. The van der Waals surface area contributed by atoms with Crippen LogP contribution in [0.25, 0.3) is 0 Å². The highest BCUT2D eigenvalue weighted by molar-refractivity contribution is 5.74. The van der Waals surface area contributed by atoms with Crippen molar-refractivity contribution in [1.29, 1.82) is 0 Å².